The standard InChI is InChI=1S/C38H27N3O/c1-2-27-14-9-10-15-28(27)20-11-13-26-23-24-31-34(25-26)42-33-22-12-21-32(35(31)33)38-40-36(29-16-5-3-6-17-29)39-37(41-38)30-18-7-4-8-19-30/h2-25H,1H3/b13-11+,27-2-,28-20-. The van der Waals surface area contributed by atoms with Gasteiger partial charge in [0.2, 0.25) is 0 Å². The Kier molecular flexibility index (Phi) is 6.71. The molecular weight excluding hydrogens is 514 g/mol. The number of nitrogens with zero attached hydrogens (tertiary/aromatic N) is 3. The van der Waals surface area contributed by atoms with Crippen LogP contribution in [0.1, 0.15) is 12.5 Å². The first-order valence-corrected chi connectivity index (χ1v) is 14.0. The van der Waals surface area contributed by atoms with Crippen LogP contribution in [0.5, 0.6) is 0 Å². The third-order valence-electron chi connectivity index (χ3n) is 7.33. The molecule has 2 heterocycles. The van der Waals surface area contributed by atoms with Gasteiger partial charge in [-0.25, -0.2) is 15.0 Å². The highest BCUT2D eigenvalue weighted by atomic mass is 16.3. The van der Waals surface area contributed by atoms with Gasteiger partial charge in [-0.2, -0.15) is 0 Å². The molecule has 0 aliphatic carbocycles. The van der Waals surface area contributed by atoms with Crippen molar-refractivity contribution in [2.75, 3.05) is 0 Å². The molecule has 0 radical (unpaired) electrons. The van der Waals surface area contributed by atoms with E-state index < -0.39 is 0 Å². The lowest BCUT2D eigenvalue weighted by atomic mass is 10.0. The predicted octanol–water partition coefficient (Wildman–Crippen LogP) is 8.07. The van der Waals surface area contributed by atoms with Gasteiger partial charge < -0.3 is 4.42 Å². The number of rotatable bonds is 5. The van der Waals surface area contributed by atoms with Crippen LogP contribution in [0, 0.1) is 0 Å². The molecule has 5 aromatic carbocycles. The summed E-state index contributed by atoms with van der Waals surface area (Å²) in [5.41, 5.74) is 5.47. The van der Waals surface area contributed by atoms with Gasteiger partial charge in [-0.1, -0.05) is 127 Å². The molecule has 200 valence electrons. The van der Waals surface area contributed by atoms with E-state index >= 15 is 0 Å². The van der Waals surface area contributed by atoms with E-state index in [-0.39, 0.29) is 0 Å². The van der Waals surface area contributed by atoms with Crippen LogP contribution in [0.25, 0.3) is 74.3 Å². The maximum atomic E-state index is 6.37. The zero-order valence-corrected chi connectivity index (χ0v) is 23.1. The number of allylic oxidation sites excluding steroid dienone is 1. The number of hydrogen-bond acceptors (Lipinski definition) is 4. The highest BCUT2D eigenvalue weighted by Crippen LogP contribution is 2.37. The summed E-state index contributed by atoms with van der Waals surface area (Å²) >= 11 is 0. The van der Waals surface area contributed by atoms with Gasteiger partial charge in [-0.15, -0.1) is 0 Å². The quantitative estimate of drug-likeness (QED) is 0.221. The maximum absolute atomic E-state index is 6.37. The number of hydrogen-bond donors (Lipinski definition) is 0. The van der Waals surface area contributed by atoms with E-state index in [0.29, 0.717) is 17.5 Å². The van der Waals surface area contributed by atoms with Crippen LogP contribution in [0.3, 0.4) is 0 Å². The summed E-state index contributed by atoms with van der Waals surface area (Å²) < 4.78 is 6.37. The second kappa shape index (κ2) is 11.1. The predicted molar refractivity (Wildman–Crippen MR) is 173 cm³/mol. The van der Waals surface area contributed by atoms with E-state index in [1.165, 1.54) is 10.4 Å². The van der Waals surface area contributed by atoms with E-state index in [9.17, 15) is 0 Å². The third kappa shape index (κ3) is 4.91. The molecule has 0 N–H and O–H groups in total. The highest BCUT2D eigenvalue weighted by Gasteiger charge is 2.17. The van der Waals surface area contributed by atoms with Crippen molar-refractivity contribution < 1.29 is 4.42 Å². The minimum Gasteiger partial charge on any atom is -0.456 e. The van der Waals surface area contributed by atoms with E-state index in [1.807, 2.05) is 72.8 Å². The Bertz CT molecular complexity index is 2140. The second-order valence-corrected chi connectivity index (χ2v) is 10.0. The Labute approximate surface area is 243 Å². The molecule has 0 bridgehead atoms. The van der Waals surface area contributed by atoms with Crippen LogP contribution >= 0.6 is 0 Å². The van der Waals surface area contributed by atoms with Crippen LogP contribution in [-0.2, 0) is 0 Å². The third-order valence-corrected chi connectivity index (χ3v) is 7.33. The lowest BCUT2D eigenvalue weighted by Gasteiger charge is -2.09. The average Bonchev–Trinajstić information content (AvgIpc) is 3.44. The monoisotopic (exact) mass is 541 g/mol. The largest absolute Gasteiger partial charge is 0.456 e. The molecule has 4 heteroatoms. The zero-order valence-electron chi connectivity index (χ0n) is 23.1. The Morgan fingerprint density at radius 1 is 0.571 bits per heavy atom. The molecule has 0 aliphatic rings. The minimum atomic E-state index is 0.612. The molecule has 0 unspecified atom stereocenters. The Balaban J connectivity index is 1.35. The van der Waals surface area contributed by atoms with E-state index in [2.05, 4.69) is 79.8 Å². The van der Waals surface area contributed by atoms with Gasteiger partial charge in [0.1, 0.15) is 11.2 Å². The van der Waals surface area contributed by atoms with E-state index in [1.54, 1.807) is 0 Å². The van der Waals surface area contributed by atoms with Crippen LogP contribution < -0.4 is 10.4 Å². The Hall–Kier alpha value is -5.61. The number of aromatic nitrogens is 3. The topological polar surface area (TPSA) is 51.8 Å². The fraction of sp³-hybridized carbons (Fsp3) is 0.0263. The summed E-state index contributed by atoms with van der Waals surface area (Å²) in [5.74, 6) is 1.88. The Morgan fingerprint density at radius 3 is 1.90 bits per heavy atom. The molecule has 2 aromatic heterocycles. The molecule has 7 rings (SSSR count). The summed E-state index contributed by atoms with van der Waals surface area (Å²) in [5, 5.41) is 4.42. The summed E-state index contributed by atoms with van der Waals surface area (Å²) in [4.78, 5) is 14.8. The first-order chi connectivity index (χ1) is 20.8. The molecule has 7 aromatic rings. The molecule has 4 nitrogen and oxygen atoms in total. The van der Waals surface area contributed by atoms with Crippen molar-refractivity contribution in [3.05, 3.63) is 143 Å². The van der Waals surface area contributed by atoms with Gasteiger partial charge in [-0.3, -0.25) is 0 Å². The maximum Gasteiger partial charge on any atom is 0.164 e. The first kappa shape index (κ1) is 25.4. The minimum absolute atomic E-state index is 0.612. The SMILES string of the molecule is C/C=c1/cccc/c1=C/C=C/c1ccc2c(c1)oc1cccc(-c3nc(-c4ccccc4)nc(-c4ccccc4)n3)c12. The molecule has 0 aliphatic heterocycles. The van der Waals surface area contributed by atoms with Gasteiger partial charge in [0.05, 0.1) is 0 Å². The summed E-state index contributed by atoms with van der Waals surface area (Å²) in [6.45, 7) is 2.06. The van der Waals surface area contributed by atoms with Gasteiger partial charge in [0, 0.05) is 27.5 Å². The van der Waals surface area contributed by atoms with Crippen LogP contribution in [0.2, 0.25) is 0 Å². The first-order valence-electron chi connectivity index (χ1n) is 14.0. The smallest absolute Gasteiger partial charge is 0.164 e. The van der Waals surface area contributed by atoms with Crippen molar-refractivity contribution in [1.29, 1.82) is 0 Å². The summed E-state index contributed by atoms with van der Waals surface area (Å²) in [6, 6.07) is 40.8. The molecule has 42 heavy (non-hydrogen) atoms. The van der Waals surface area contributed by atoms with Gasteiger partial charge >= 0.3 is 0 Å². The normalized spacial score (nSPS) is 12.6. The van der Waals surface area contributed by atoms with Crippen LogP contribution in [0.4, 0.5) is 0 Å². The van der Waals surface area contributed by atoms with Gasteiger partial charge in [0.25, 0.3) is 0 Å². The number of furan rings is 1. The van der Waals surface area contributed by atoms with E-state index in [4.69, 9.17) is 19.4 Å². The average molecular weight is 542 g/mol. The van der Waals surface area contributed by atoms with Crippen molar-refractivity contribution in [1.82, 2.24) is 15.0 Å². The zero-order chi connectivity index (χ0) is 28.3. The van der Waals surface area contributed by atoms with Crippen molar-refractivity contribution >= 4 is 40.2 Å². The molecule has 0 amide bonds. The number of benzene rings is 5. The van der Waals surface area contributed by atoms with Gasteiger partial charge in [-0.05, 0) is 41.1 Å². The Morgan fingerprint density at radius 2 is 1.21 bits per heavy atom. The van der Waals surface area contributed by atoms with Crippen molar-refractivity contribution in [2.24, 2.45) is 0 Å². The highest BCUT2D eigenvalue weighted by molar-refractivity contribution is 6.12. The molecule has 0 fully saturated rings. The van der Waals surface area contributed by atoms with Crippen molar-refractivity contribution in [3.8, 4) is 34.2 Å². The molecule has 0 atom stereocenters. The van der Waals surface area contributed by atoms with Crippen molar-refractivity contribution in [2.45, 2.75) is 6.92 Å². The second-order valence-electron chi connectivity index (χ2n) is 10.0. The van der Waals surface area contributed by atoms with Gasteiger partial charge in [0.15, 0.2) is 17.5 Å². The fourth-order valence-electron chi connectivity index (χ4n) is 5.25. The van der Waals surface area contributed by atoms with Crippen LogP contribution in [0.15, 0.2) is 132 Å². The summed E-state index contributed by atoms with van der Waals surface area (Å²) in [6.07, 6.45) is 8.43. The summed E-state index contributed by atoms with van der Waals surface area (Å²) in [7, 11) is 0. The van der Waals surface area contributed by atoms with Crippen molar-refractivity contribution in [3.63, 3.8) is 0 Å². The number of fused-ring (bicyclic) bond motifs is 3. The molecule has 0 saturated carbocycles. The molecule has 0 spiro atoms. The fourth-order valence-corrected chi connectivity index (χ4v) is 5.25. The molecule has 0 saturated heterocycles. The lowest BCUT2D eigenvalue weighted by Crippen LogP contribution is -2.22. The molecular formula is C38H27N3O. The van der Waals surface area contributed by atoms with E-state index in [0.717, 1.165) is 44.2 Å². The lowest BCUT2D eigenvalue weighted by molar-refractivity contribution is 0.669. The van der Waals surface area contributed by atoms with Crippen LogP contribution in [-0.4, -0.2) is 15.0 Å².